The van der Waals surface area contributed by atoms with Crippen molar-refractivity contribution in [3.63, 3.8) is 0 Å². The molecule has 1 aromatic heterocycles. The van der Waals surface area contributed by atoms with Crippen molar-refractivity contribution in [2.24, 2.45) is 10.9 Å². The predicted octanol–water partition coefficient (Wildman–Crippen LogP) is 4.38. The number of benzene rings is 1. The third kappa shape index (κ3) is 7.46. The summed E-state index contributed by atoms with van der Waals surface area (Å²) in [7, 11) is 4.96. The highest BCUT2D eigenvalue weighted by atomic mass is 16.5. The number of nitrogens with one attached hydrogen (secondary N) is 2. The van der Waals surface area contributed by atoms with Crippen LogP contribution < -0.4 is 24.8 Å². The zero-order chi connectivity index (χ0) is 21.8. The molecule has 0 saturated carbocycles. The number of para-hydroxylation sites is 1. The van der Waals surface area contributed by atoms with Gasteiger partial charge in [0.1, 0.15) is 0 Å². The smallest absolute Gasteiger partial charge is 0.219 e. The highest BCUT2D eigenvalue weighted by Gasteiger charge is 2.13. The van der Waals surface area contributed by atoms with Crippen molar-refractivity contribution >= 4 is 5.96 Å². The Morgan fingerprint density at radius 3 is 2.33 bits per heavy atom. The summed E-state index contributed by atoms with van der Waals surface area (Å²) in [6.45, 7) is 6.05. The van der Waals surface area contributed by atoms with Gasteiger partial charge in [-0.25, -0.2) is 4.98 Å². The predicted molar refractivity (Wildman–Crippen MR) is 121 cm³/mol. The highest BCUT2D eigenvalue weighted by molar-refractivity contribution is 5.79. The van der Waals surface area contributed by atoms with Crippen LogP contribution in [0, 0.1) is 5.92 Å². The summed E-state index contributed by atoms with van der Waals surface area (Å²) in [4.78, 5) is 8.67. The lowest BCUT2D eigenvalue weighted by atomic mass is 10.1. The van der Waals surface area contributed by atoms with E-state index < -0.39 is 0 Å². The summed E-state index contributed by atoms with van der Waals surface area (Å²) in [5.74, 6) is 3.69. The third-order valence-corrected chi connectivity index (χ3v) is 4.57. The Hall–Kier alpha value is -2.96. The van der Waals surface area contributed by atoms with Gasteiger partial charge in [0.05, 0.1) is 14.2 Å². The minimum absolute atomic E-state index is 0.467. The molecule has 0 radical (unpaired) electrons. The van der Waals surface area contributed by atoms with Crippen LogP contribution >= 0.6 is 0 Å². The Labute approximate surface area is 179 Å². The van der Waals surface area contributed by atoms with E-state index in [0.717, 1.165) is 30.4 Å². The largest absolute Gasteiger partial charge is 0.493 e. The first-order valence-electron chi connectivity index (χ1n) is 10.4. The summed E-state index contributed by atoms with van der Waals surface area (Å²) in [5.41, 5.74) is 1.03. The Balaban J connectivity index is 1.86. The number of methoxy groups -OCH3 is 2. The van der Waals surface area contributed by atoms with E-state index in [1.807, 2.05) is 30.3 Å². The molecule has 0 atom stereocenters. The van der Waals surface area contributed by atoms with E-state index in [2.05, 4.69) is 34.5 Å². The highest BCUT2D eigenvalue weighted by Crippen LogP contribution is 2.39. The van der Waals surface area contributed by atoms with E-state index in [0.29, 0.717) is 29.7 Å². The van der Waals surface area contributed by atoms with Crippen molar-refractivity contribution in [2.45, 2.75) is 39.7 Å². The number of ether oxygens (including phenoxy) is 3. The van der Waals surface area contributed by atoms with Gasteiger partial charge in [0.15, 0.2) is 17.5 Å². The molecule has 0 spiro atoms. The van der Waals surface area contributed by atoms with Gasteiger partial charge in [-0.2, -0.15) is 0 Å². The van der Waals surface area contributed by atoms with E-state index in [-0.39, 0.29) is 0 Å². The first-order chi connectivity index (χ1) is 14.6. The molecule has 0 aliphatic heterocycles. The number of guanidine groups is 1. The average molecular weight is 415 g/mol. The van der Waals surface area contributed by atoms with Gasteiger partial charge in [0.2, 0.25) is 11.6 Å². The van der Waals surface area contributed by atoms with Gasteiger partial charge in [0, 0.05) is 32.4 Å². The maximum absolute atomic E-state index is 5.90. The summed E-state index contributed by atoms with van der Waals surface area (Å²) < 4.78 is 16.6. The number of aliphatic imine (C=N–C) groups is 1. The molecule has 0 aliphatic carbocycles. The second-order valence-corrected chi connectivity index (χ2v) is 7.34. The van der Waals surface area contributed by atoms with Gasteiger partial charge in [-0.1, -0.05) is 38.8 Å². The van der Waals surface area contributed by atoms with Crippen molar-refractivity contribution in [3.8, 4) is 23.1 Å². The summed E-state index contributed by atoms with van der Waals surface area (Å²) in [5, 5.41) is 6.66. The first kappa shape index (κ1) is 23.3. The third-order valence-electron chi connectivity index (χ3n) is 4.57. The second-order valence-electron chi connectivity index (χ2n) is 7.34. The number of aromatic nitrogens is 1. The molecule has 1 heterocycles. The van der Waals surface area contributed by atoms with Crippen LogP contribution in [0.3, 0.4) is 0 Å². The van der Waals surface area contributed by atoms with Crippen LogP contribution in [0.25, 0.3) is 0 Å². The Morgan fingerprint density at radius 2 is 1.77 bits per heavy atom. The lowest BCUT2D eigenvalue weighted by molar-refractivity contribution is 0.342. The Morgan fingerprint density at radius 1 is 1.03 bits per heavy atom. The standard InChI is InChI=1S/C23H34N4O3/c1-17(2)9-6-7-14-25-23(24-3)27-16-18-12-13-21(26-15-18)30-22-19(28-4)10-8-11-20(22)29-5/h8,10-13,15,17H,6-7,9,14,16H2,1-5H3,(H2,24,25,27). The van der Waals surface area contributed by atoms with Gasteiger partial charge >= 0.3 is 0 Å². The molecular formula is C23H34N4O3. The van der Waals surface area contributed by atoms with Gasteiger partial charge in [-0.15, -0.1) is 0 Å². The van der Waals surface area contributed by atoms with Crippen LogP contribution in [0.4, 0.5) is 0 Å². The van der Waals surface area contributed by atoms with Gasteiger partial charge in [-0.3, -0.25) is 4.99 Å². The van der Waals surface area contributed by atoms with Gasteiger partial charge < -0.3 is 24.8 Å². The van der Waals surface area contributed by atoms with Crippen LogP contribution in [-0.2, 0) is 6.54 Å². The van der Waals surface area contributed by atoms with Crippen LogP contribution in [0.15, 0.2) is 41.5 Å². The quantitative estimate of drug-likeness (QED) is 0.323. The Bertz CT molecular complexity index is 769. The molecule has 0 unspecified atom stereocenters. The molecule has 0 bridgehead atoms. The minimum atomic E-state index is 0.467. The molecule has 2 N–H and O–H groups in total. The fraction of sp³-hybridized carbons (Fsp3) is 0.478. The molecule has 0 aliphatic rings. The van der Waals surface area contributed by atoms with Crippen molar-refractivity contribution in [1.29, 1.82) is 0 Å². The zero-order valence-electron chi connectivity index (χ0n) is 18.7. The fourth-order valence-corrected chi connectivity index (χ4v) is 2.89. The average Bonchev–Trinajstić information content (AvgIpc) is 2.76. The van der Waals surface area contributed by atoms with Gasteiger partial charge in [0.25, 0.3) is 0 Å². The molecule has 0 amide bonds. The number of hydrogen-bond donors (Lipinski definition) is 2. The van der Waals surface area contributed by atoms with Crippen molar-refractivity contribution in [2.75, 3.05) is 27.8 Å². The lowest BCUT2D eigenvalue weighted by Gasteiger charge is -2.14. The number of nitrogens with zero attached hydrogens (tertiary/aromatic N) is 2. The maximum atomic E-state index is 5.90. The topological polar surface area (TPSA) is 77.0 Å². The van der Waals surface area contributed by atoms with Crippen molar-refractivity contribution in [3.05, 3.63) is 42.1 Å². The zero-order valence-corrected chi connectivity index (χ0v) is 18.7. The fourth-order valence-electron chi connectivity index (χ4n) is 2.89. The maximum Gasteiger partial charge on any atom is 0.219 e. The van der Waals surface area contributed by atoms with E-state index in [4.69, 9.17) is 14.2 Å². The monoisotopic (exact) mass is 414 g/mol. The molecule has 0 fully saturated rings. The minimum Gasteiger partial charge on any atom is -0.493 e. The molecule has 2 aromatic rings. The van der Waals surface area contributed by atoms with E-state index in [1.54, 1.807) is 27.5 Å². The molecule has 30 heavy (non-hydrogen) atoms. The molecule has 2 rings (SSSR count). The van der Waals surface area contributed by atoms with Crippen molar-refractivity contribution in [1.82, 2.24) is 15.6 Å². The number of pyridine rings is 1. The van der Waals surface area contributed by atoms with Crippen LogP contribution in [-0.4, -0.2) is 38.8 Å². The van der Waals surface area contributed by atoms with Crippen LogP contribution in [0.5, 0.6) is 23.1 Å². The molecule has 1 aromatic carbocycles. The van der Waals surface area contributed by atoms with Crippen LogP contribution in [0.1, 0.15) is 38.7 Å². The molecular weight excluding hydrogens is 380 g/mol. The van der Waals surface area contributed by atoms with E-state index in [9.17, 15) is 0 Å². The molecule has 7 nitrogen and oxygen atoms in total. The van der Waals surface area contributed by atoms with Gasteiger partial charge in [-0.05, 0) is 30.0 Å². The first-order valence-corrected chi connectivity index (χ1v) is 10.4. The lowest BCUT2D eigenvalue weighted by Crippen LogP contribution is -2.37. The Kier molecular flexibility index (Phi) is 9.77. The summed E-state index contributed by atoms with van der Waals surface area (Å²) in [6.07, 6.45) is 5.40. The van der Waals surface area contributed by atoms with Crippen LogP contribution in [0.2, 0.25) is 0 Å². The number of hydrogen-bond acceptors (Lipinski definition) is 5. The number of unbranched alkanes of at least 4 members (excludes halogenated alkanes) is 1. The normalized spacial score (nSPS) is 11.3. The summed E-state index contributed by atoms with van der Waals surface area (Å²) >= 11 is 0. The van der Waals surface area contributed by atoms with E-state index in [1.165, 1.54) is 12.8 Å². The molecule has 7 heteroatoms. The van der Waals surface area contributed by atoms with Crippen molar-refractivity contribution < 1.29 is 14.2 Å². The second kappa shape index (κ2) is 12.6. The van der Waals surface area contributed by atoms with E-state index >= 15 is 0 Å². The SMILES string of the molecule is CN=C(NCCCCC(C)C)NCc1ccc(Oc2c(OC)cccc2OC)nc1. The molecule has 164 valence electrons. The summed E-state index contributed by atoms with van der Waals surface area (Å²) in [6, 6.07) is 9.27. The number of rotatable bonds is 11. The molecule has 0 saturated heterocycles.